The number of aryl methyl sites for hydroxylation is 1. The lowest BCUT2D eigenvalue weighted by Crippen LogP contribution is -2.12. The van der Waals surface area contributed by atoms with Crippen LogP contribution < -0.4 is 0 Å². The molecule has 0 aliphatic rings. The van der Waals surface area contributed by atoms with Gasteiger partial charge < -0.3 is 0 Å². The molecular weight excluding hydrogens is 313 g/mol. The van der Waals surface area contributed by atoms with E-state index >= 15 is 0 Å². The number of aromatic nitrogens is 2. The third kappa shape index (κ3) is 4.34. The number of hydrogen-bond acceptors (Lipinski definition) is 2. The Kier molecular flexibility index (Phi) is 5.31. The summed E-state index contributed by atoms with van der Waals surface area (Å²) in [7, 11) is 0. The summed E-state index contributed by atoms with van der Waals surface area (Å²) in [6, 6.07) is 5.60. The van der Waals surface area contributed by atoms with Crippen molar-refractivity contribution in [3.63, 3.8) is 0 Å². The fourth-order valence-corrected chi connectivity index (χ4v) is 2.70. The maximum absolute atomic E-state index is 13.1. The van der Waals surface area contributed by atoms with Crippen LogP contribution in [-0.2, 0) is 12.6 Å². The molecule has 0 amide bonds. The minimum atomic E-state index is -4.38. The number of hydrogen-bond donors (Lipinski definition) is 0. The molecule has 2 heterocycles. The smallest absolute Gasteiger partial charge is 0.260 e. The highest BCUT2D eigenvalue weighted by Crippen LogP contribution is 2.35. The Morgan fingerprint density at radius 1 is 0.958 bits per heavy atom. The SMILES string of the molecule is Cc1cc(C(C)C)cc(Cc2cc(C(C)C)c(C(F)(F)F)cn2)n1. The van der Waals surface area contributed by atoms with Crippen molar-refractivity contribution in [2.75, 3.05) is 0 Å². The monoisotopic (exact) mass is 336 g/mol. The number of alkyl halides is 3. The van der Waals surface area contributed by atoms with Gasteiger partial charge in [0, 0.05) is 29.7 Å². The van der Waals surface area contributed by atoms with Gasteiger partial charge in [-0.25, -0.2) is 0 Å². The van der Waals surface area contributed by atoms with Gasteiger partial charge in [0.2, 0.25) is 0 Å². The van der Waals surface area contributed by atoms with E-state index in [0.717, 1.165) is 17.6 Å². The van der Waals surface area contributed by atoms with Crippen molar-refractivity contribution >= 4 is 0 Å². The molecule has 2 rings (SSSR count). The molecule has 0 radical (unpaired) electrons. The topological polar surface area (TPSA) is 25.8 Å². The first kappa shape index (κ1) is 18.4. The lowest BCUT2D eigenvalue weighted by Gasteiger charge is -2.16. The van der Waals surface area contributed by atoms with E-state index in [1.54, 1.807) is 19.9 Å². The molecule has 0 unspecified atom stereocenters. The average molecular weight is 336 g/mol. The lowest BCUT2D eigenvalue weighted by molar-refractivity contribution is -0.138. The molecular formula is C19H23F3N2. The number of nitrogens with zero attached hydrogens (tertiary/aromatic N) is 2. The molecule has 0 aromatic carbocycles. The van der Waals surface area contributed by atoms with E-state index in [0.29, 0.717) is 18.0 Å². The highest BCUT2D eigenvalue weighted by Gasteiger charge is 2.34. The van der Waals surface area contributed by atoms with Crippen LogP contribution in [0, 0.1) is 6.92 Å². The molecule has 130 valence electrons. The van der Waals surface area contributed by atoms with Crippen molar-refractivity contribution < 1.29 is 13.2 Å². The summed E-state index contributed by atoms with van der Waals surface area (Å²) in [5.41, 5.74) is 3.16. The third-order valence-electron chi connectivity index (χ3n) is 3.98. The Hall–Kier alpha value is -1.91. The van der Waals surface area contributed by atoms with Crippen LogP contribution in [0.2, 0.25) is 0 Å². The first-order valence-electron chi connectivity index (χ1n) is 8.11. The maximum atomic E-state index is 13.1. The molecule has 0 atom stereocenters. The molecule has 0 aliphatic carbocycles. The van der Waals surface area contributed by atoms with Crippen LogP contribution in [0.5, 0.6) is 0 Å². The van der Waals surface area contributed by atoms with E-state index in [9.17, 15) is 13.2 Å². The van der Waals surface area contributed by atoms with Gasteiger partial charge in [0.05, 0.1) is 5.56 Å². The van der Waals surface area contributed by atoms with Crippen LogP contribution in [0.15, 0.2) is 24.4 Å². The molecule has 2 aromatic rings. The molecule has 2 aromatic heterocycles. The minimum absolute atomic E-state index is 0.222. The number of halogens is 3. The second kappa shape index (κ2) is 6.91. The zero-order valence-corrected chi connectivity index (χ0v) is 14.7. The number of pyridine rings is 2. The highest BCUT2D eigenvalue weighted by atomic mass is 19.4. The first-order chi connectivity index (χ1) is 11.1. The summed E-state index contributed by atoms with van der Waals surface area (Å²) < 4.78 is 39.3. The molecule has 0 fully saturated rings. The predicted molar refractivity (Wildman–Crippen MR) is 89.2 cm³/mol. The normalized spacial score (nSPS) is 12.2. The standard InChI is InChI=1S/C19H23F3N2/c1-11(2)14-6-13(5)24-16(7-14)8-15-9-17(12(3)4)18(10-23-15)19(20,21)22/h6-7,9-12H,8H2,1-5H3. The number of rotatable bonds is 4. The van der Waals surface area contributed by atoms with Crippen molar-refractivity contribution in [1.29, 1.82) is 0 Å². The van der Waals surface area contributed by atoms with Crippen LogP contribution in [0.25, 0.3) is 0 Å². The molecule has 0 bridgehead atoms. The average Bonchev–Trinajstić information content (AvgIpc) is 2.45. The van der Waals surface area contributed by atoms with Crippen LogP contribution in [-0.4, -0.2) is 9.97 Å². The van der Waals surface area contributed by atoms with E-state index in [1.807, 2.05) is 19.1 Å². The molecule has 0 saturated heterocycles. The highest BCUT2D eigenvalue weighted by molar-refractivity contribution is 5.34. The van der Waals surface area contributed by atoms with Crippen LogP contribution >= 0.6 is 0 Å². The summed E-state index contributed by atoms with van der Waals surface area (Å²) in [6.07, 6.45) is -3.00. The molecule has 5 heteroatoms. The van der Waals surface area contributed by atoms with Crippen LogP contribution in [0.3, 0.4) is 0 Å². The first-order valence-corrected chi connectivity index (χ1v) is 8.11. The van der Waals surface area contributed by atoms with Crippen LogP contribution in [0.1, 0.15) is 73.3 Å². The second-order valence-electron chi connectivity index (χ2n) is 6.78. The lowest BCUT2D eigenvalue weighted by atomic mass is 9.96. The van der Waals surface area contributed by atoms with Gasteiger partial charge in [0.15, 0.2) is 0 Å². The van der Waals surface area contributed by atoms with Crippen molar-refractivity contribution in [2.45, 2.75) is 59.1 Å². The zero-order valence-electron chi connectivity index (χ0n) is 14.7. The predicted octanol–water partition coefficient (Wildman–Crippen LogP) is 5.64. The summed E-state index contributed by atoms with van der Waals surface area (Å²) in [6.45, 7) is 9.65. The second-order valence-corrected chi connectivity index (χ2v) is 6.78. The molecule has 0 spiro atoms. The van der Waals surface area contributed by atoms with Crippen molar-refractivity contribution in [2.24, 2.45) is 0 Å². The van der Waals surface area contributed by atoms with Gasteiger partial charge in [0.1, 0.15) is 0 Å². The Morgan fingerprint density at radius 2 is 1.62 bits per heavy atom. The maximum Gasteiger partial charge on any atom is 0.418 e. The van der Waals surface area contributed by atoms with Crippen molar-refractivity contribution in [1.82, 2.24) is 9.97 Å². The van der Waals surface area contributed by atoms with Gasteiger partial charge in [-0.05, 0) is 48.1 Å². The van der Waals surface area contributed by atoms with E-state index < -0.39 is 11.7 Å². The van der Waals surface area contributed by atoms with Gasteiger partial charge in [-0.1, -0.05) is 27.7 Å². The molecule has 24 heavy (non-hydrogen) atoms. The van der Waals surface area contributed by atoms with Crippen molar-refractivity contribution in [3.8, 4) is 0 Å². The minimum Gasteiger partial charge on any atom is -0.260 e. The molecule has 0 saturated carbocycles. The molecule has 0 N–H and O–H groups in total. The molecule has 2 nitrogen and oxygen atoms in total. The summed E-state index contributed by atoms with van der Waals surface area (Å²) >= 11 is 0. The largest absolute Gasteiger partial charge is 0.418 e. The van der Waals surface area contributed by atoms with Gasteiger partial charge in [-0.2, -0.15) is 13.2 Å². The van der Waals surface area contributed by atoms with E-state index in [2.05, 4.69) is 23.8 Å². The van der Waals surface area contributed by atoms with Crippen molar-refractivity contribution in [3.05, 3.63) is 58.2 Å². The fraction of sp³-hybridized carbons (Fsp3) is 0.474. The fourth-order valence-electron chi connectivity index (χ4n) is 2.70. The van der Waals surface area contributed by atoms with Gasteiger partial charge in [-0.15, -0.1) is 0 Å². The van der Waals surface area contributed by atoms with E-state index in [4.69, 9.17) is 0 Å². The van der Waals surface area contributed by atoms with Gasteiger partial charge in [0.25, 0.3) is 0 Å². The van der Waals surface area contributed by atoms with Gasteiger partial charge in [-0.3, -0.25) is 9.97 Å². The van der Waals surface area contributed by atoms with E-state index in [-0.39, 0.29) is 11.5 Å². The Morgan fingerprint density at radius 3 is 2.17 bits per heavy atom. The zero-order chi connectivity index (χ0) is 18.1. The Bertz CT molecular complexity index is 719. The Labute approximate surface area is 141 Å². The summed E-state index contributed by atoms with van der Waals surface area (Å²) in [5.74, 6) is 0.150. The Balaban J connectivity index is 2.39. The summed E-state index contributed by atoms with van der Waals surface area (Å²) in [5, 5.41) is 0. The van der Waals surface area contributed by atoms with Gasteiger partial charge >= 0.3 is 6.18 Å². The molecule has 0 aliphatic heterocycles. The van der Waals surface area contributed by atoms with E-state index in [1.165, 1.54) is 5.56 Å². The third-order valence-corrected chi connectivity index (χ3v) is 3.98. The van der Waals surface area contributed by atoms with Crippen LogP contribution in [0.4, 0.5) is 13.2 Å². The summed E-state index contributed by atoms with van der Waals surface area (Å²) in [4.78, 5) is 8.52. The quantitative estimate of drug-likeness (QED) is 0.722.